The second kappa shape index (κ2) is 8.45. The first-order chi connectivity index (χ1) is 6.56. The number of rotatable bonds is 9. The van der Waals surface area contributed by atoms with Crippen molar-refractivity contribution < 1.29 is 27.6 Å². The van der Waals surface area contributed by atoms with Gasteiger partial charge in [-0.15, -0.1) is 0 Å². The molecule has 0 heterocycles. The fourth-order valence-corrected chi connectivity index (χ4v) is 1.82. The van der Waals surface area contributed by atoms with Gasteiger partial charge < -0.3 is 14.6 Å². The first-order valence-corrected chi connectivity index (χ1v) is 6.88. The predicted molar refractivity (Wildman–Crippen MR) is 52.7 cm³/mol. The molecule has 0 unspecified atom stereocenters. The Labute approximate surface area is 86.7 Å². The van der Waals surface area contributed by atoms with E-state index in [2.05, 4.69) is 0 Å². The molecule has 0 radical (unpaired) electrons. The second-order valence-electron chi connectivity index (χ2n) is 2.20. The van der Waals surface area contributed by atoms with Crippen LogP contribution in [0.2, 0.25) is 0 Å². The second-order valence-corrected chi connectivity index (χ2v) is 5.67. The molecule has 86 valence electrons. The van der Waals surface area contributed by atoms with Crippen LogP contribution >= 0.6 is 10.8 Å². The average molecular weight is 246 g/mol. The zero-order valence-electron chi connectivity index (χ0n) is 7.59. The van der Waals surface area contributed by atoms with E-state index in [1.165, 1.54) is 0 Å². The lowest BCUT2D eigenvalue weighted by Gasteiger charge is -2.03. The lowest BCUT2D eigenvalue weighted by atomic mass is 10.7. The third-order valence-corrected chi connectivity index (χ3v) is 3.09. The highest BCUT2D eigenvalue weighted by molar-refractivity contribution is 8.69. The van der Waals surface area contributed by atoms with Crippen LogP contribution in [-0.2, 0) is 18.6 Å². The minimum absolute atomic E-state index is 0.0292. The van der Waals surface area contributed by atoms with Gasteiger partial charge in [0.1, 0.15) is 0 Å². The van der Waals surface area contributed by atoms with Gasteiger partial charge in [-0.25, -0.2) is 0 Å². The molecule has 0 atom stereocenters. The van der Waals surface area contributed by atoms with Crippen molar-refractivity contribution in [1.82, 2.24) is 0 Å². The Kier molecular flexibility index (Phi) is 8.53. The zero-order chi connectivity index (χ0) is 10.9. The summed E-state index contributed by atoms with van der Waals surface area (Å²) in [6.07, 6.45) is 0. The number of hydrogen-bond donors (Lipinski definition) is 2. The third kappa shape index (κ3) is 12.1. The quantitative estimate of drug-likeness (QED) is 0.323. The van der Waals surface area contributed by atoms with E-state index >= 15 is 0 Å². The molecule has 2 N–H and O–H groups in total. The molecule has 0 aromatic heterocycles. The van der Waals surface area contributed by atoms with Crippen LogP contribution in [0.15, 0.2) is 0 Å². The summed E-state index contributed by atoms with van der Waals surface area (Å²) in [5, 5.41) is 8.33. The summed E-state index contributed by atoms with van der Waals surface area (Å²) >= 11 is 0. The molecule has 14 heavy (non-hydrogen) atoms. The van der Waals surface area contributed by atoms with E-state index in [-0.39, 0.29) is 25.6 Å². The van der Waals surface area contributed by atoms with Crippen molar-refractivity contribution in [1.29, 1.82) is 0 Å². The smallest absolute Gasteiger partial charge is 0.319 e. The molecular formula is C6H14O6S2. The highest BCUT2D eigenvalue weighted by atomic mass is 33.1. The SMILES string of the molecule is O=S(=O)(O)SCCOCCOCCO. The molecule has 0 spiro atoms. The molecule has 0 amide bonds. The minimum Gasteiger partial charge on any atom is -0.394 e. The largest absolute Gasteiger partial charge is 0.394 e. The Morgan fingerprint density at radius 2 is 1.64 bits per heavy atom. The summed E-state index contributed by atoms with van der Waals surface area (Å²) in [6.45, 7) is 1.16. The highest BCUT2D eigenvalue weighted by Gasteiger charge is 2.03. The first kappa shape index (κ1) is 14.1. The number of hydrogen-bond acceptors (Lipinski definition) is 6. The van der Waals surface area contributed by atoms with Crippen LogP contribution in [0.25, 0.3) is 0 Å². The van der Waals surface area contributed by atoms with Gasteiger partial charge in [-0.05, 0) is 10.8 Å². The summed E-state index contributed by atoms with van der Waals surface area (Å²) in [5.74, 6) is 0.179. The zero-order valence-corrected chi connectivity index (χ0v) is 9.22. The van der Waals surface area contributed by atoms with Crippen LogP contribution in [0.5, 0.6) is 0 Å². The monoisotopic (exact) mass is 246 g/mol. The molecule has 8 heteroatoms. The summed E-state index contributed by atoms with van der Waals surface area (Å²) in [6, 6.07) is 0. The van der Waals surface area contributed by atoms with E-state index in [9.17, 15) is 8.42 Å². The van der Waals surface area contributed by atoms with Crippen LogP contribution in [0.3, 0.4) is 0 Å². The van der Waals surface area contributed by atoms with Gasteiger partial charge in [0.25, 0.3) is 0 Å². The molecule has 0 saturated heterocycles. The van der Waals surface area contributed by atoms with Crippen LogP contribution in [0, 0.1) is 0 Å². The maximum Gasteiger partial charge on any atom is 0.319 e. The van der Waals surface area contributed by atoms with Crippen molar-refractivity contribution >= 4 is 19.9 Å². The Hall–Kier alpha value is 0.140. The lowest BCUT2D eigenvalue weighted by molar-refractivity contribution is 0.0378. The average Bonchev–Trinajstić information content (AvgIpc) is 2.08. The fraction of sp³-hybridized carbons (Fsp3) is 1.00. The van der Waals surface area contributed by atoms with Crippen molar-refractivity contribution in [3.8, 4) is 0 Å². The van der Waals surface area contributed by atoms with E-state index < -0.39 is 9.15 Å². The molecule has 0 saturated carbocycles. The Morgan fingerprint density at radius 1 is 1.07 bits per heavy atom. The normalized spacial score (nSPS) is 11.9. The Balaban J connectivity index is 3.07. The van der Waals surface area contributed by atoms with Gasteiger partial charge in [-0.1, -0.05) is 0 Å². The topological polar surface area (TPSA) is 93.1 Å². The lowest BCUT2D eigenvalue weighted by Crippen LogP contribution is -2.09. The van der Waals surface area contributed by atoms with Crippen molar-refractivity contribution in [2.75, 3.05) is 38.8 Å². The van der Waals surface area contributed by atoms with E-state index in [1.807, 2.05) is 0 Å². The highest BCUT2D eigenvalue weighted by Crippen LogP contribution is 2.07. The molecule has 0 aliphatic rings. The van der Waals surface area contributed by atoms with Crippen molar-refractivity contribution in [2.45, 2.75) is 0 Å². The summed E-state index contributed by atoms with van der Waals surface area (Å²) in [5.41, 5.74) is 0. The van der Waals surface area contributed by atoms with Crippen LogP contribution in [-0.4, -0.2) is 56.9 Å². The summed E-state index contributed by atoms with van der Waals surface area (Å²) in [7, 11) is -3.53. The van der Waals surface area contributed by atoms with Gasteiger partial charge in [0.15, 0.2) is 0 Å². The minimum atomic E-state index is -3.95. The summed E-state index contributed by atoms with van der Waals surface area (Å²) < 4.78 is 38.6. The molecule has 0 fully saturated rings. The Bertz CT molecular complexity index is 214. The van der Waals surface area contributed by atoms with Crippen molar-refractivity contribution in [3.05, 3.63) is 0 Å². The molecule has 0 aliphatic heterocycles. The molecule has 6 nitrogen and oxygen atoms in total. The van der Waals surface area contributed by atoms with Gasteiger partial charge in [-0.2, -0.15) is 8.42 Å². The molecular weight excluding hydrogens is 232 g/mol. The maximum atomic E-state index is 10.2. The van der Waals surface area contributed by atoms with E-state index in [0.717, 1.165) is 0 Å². The molecule has 0 aliphatic carbocycles. The van der Waals surface area contributed by atoms with E-state index in [4.69, 9.17) is 19.1 Å². The first-order valence-electron chi connectivity index (χ1n) is 3.94. The molecule has 0 aromatic rings. The van der Waals surface area contributed by atoms with Crippen molar-refractivity contribution in [3.63, 3.8) is 0 Å². The summed E-state index contributed by atoms with van der Waals surface area (Å²) in [4.78, 5) is 0. The number of aliphatic hydroxyl groups is 1. The van der Waals surface area contributed by atoms with E-state index in [0.29, 0.717) is 24.0 Å². The van der Waals surface area contributed by atoms with Gasteiger partial charge in [-0.3, -0.25) is 4.55 Å². The van der Waals surface area contributed by atoms with Gasteiger partial charge in [0.2, 0.25) is 0 Å². The van der Waals surface area contributed by atoms with Gasteiger partial charge in [0, 0.05) is 5.75 Å². The fourth-order valence-electron chi connectivity index (χ4n) is 0.585. The third-order valence-electron chi connectivity index (χ3n) is 1.07. The molecule has 0 rings (SSSR count). The van der Waals surface area contributed by atoms with E-state index in [1.54, 1.807) is 0 Å². The maximum absolute atomic E-state index is 10.2. The molecule has 0 bridgehead atoms. The van der Waals surface area contributed by atoms with Crippen LogP contribution in [0.1, 0.15) is 0 Å². The van der Waals surface area contributed by atoms with Crippen molar-refractivity contribution in [2.24, 2.45) is 0 Å². The number of aliphatic hydroxyl groups excluding tert-OH is 1. The standard InChI is InChI=1S/C6H14O6S2/c7-1-2-11-3-4-12-5-6-13-14(8,9)10/h7H,1-6H2,(H,8,9,10). The van der Waals surface area contributed by atoms with Gasteiger partial charge >= 0.3 is 9.15 Å². The molecule has 0 aromatic carbocycles. The number of ether oxygens (including phenoxy) is 2. The predicted octanol–water partition coefficient (Wildman–Crippen LogP) is -0.452. The van der Waals surface area contributed by atoms with Gasteiger partial charge in [0.05, 0.1) is 33.0 Å². The Morgan fingerprint density at radius 3 is 2.14 bits per heavy atom. The van der Waals surface area contributed by atoms with Crippen LogP contribution < -0.4 is 0 Å². The van der Waals surface area contributed by atoms with Crippen LogP contribution in [0.4, 0.5) is 0 Å².